The molecule has 0 aromatic heterocycles. The van der Waals surface area contributed by atoms with Gasteiger partial charge in [0.25, 0.3) is 0 Å². The fourth-order valence-corrected chi connectivity index (χ4v) is 2.81. The van der Waals surface area contributed by atoms with Gasteiger partial charge in [-0.25, -0.2) is 4.39 Å². The molecular formula is C14H15F3O3. The van der Waals surface area contributed by atoms with E-state index in [2.05, 4.69) is 4.74 Å². The number of aliphatic carboxylic acids is 1. The Morgan fingerprint density at radius 1 is 1.25 bits per heavy atom. The molecule has 3 nitrogen and oxygen atoms in total. The molecule has 0 radical (unpaired) electrons. The first-order valence-electron chi connectivity index (χ1n) is 6.44. The van der Waals surface area contributed by atoms with Crippen molar-refractivity contribution in [2.45, 2.75) is 44.1 Å². The summed E-state index contributed by atoms with van der Waals surface area (Å²) < 4.78 is 42.4. The lowest BCUT2D eigenvalue weighted by atomic mass is 9.69. The van der Waals surface area contributed by atoms with Crippen LogP contribution in [0.1, 0.15) is 37.7 Å². The molecule has 110 valence electrons. The van der Waals surface area contributed by atoms with Gasteiger partial charge in [0.05, 0.1) is 5.41 Å². The number of halogens is 3. The number of hydrogen-bond acceptors (Lipinski definition) is 2. The summed E-state index contributed by atoms with van der Waals surface area (Å²) in [6, 6.07) is 3.25. The summed E-state index contributed by atoms with van der Waals surface area (Å²) in [6.45, 7) is -3.04. The molecule has 1 N–H and O–H groups in total. The SMILES string of the molecule is O=C(O)C1(c2ccc(OC(F)F)cc2F)CCCCC1. The van der Waals surface area contributed by atoms with E-state index in [-0.39, 0.29) is 11.3 Å². The molecule has 1 aromatic carbocycles. The second-order valence-corrected chi connectivity index (χ2v) is 4.97. The minimum absolute atomic E-state index is 0.0475. The number of rotatable bonds is 4. The van der Waals surface area contributed by atoms with Gasteiger partial charge in [0, 0.05) is 11.6 Å². The summed E-state index contributed by atoms with van der Waals surface area (Å²) in [6.07, 6.45) is 3.05. The van der Waals surface area contributed by atoms with E-state index in [1.807, 2.05) is 0 Å². The van der Waals surface area contributed by atoms with Crippen molar-refractivity contribution in [3.05, 3.63) is 29.6 Å². The number of benzene rings is 1. The highest BCUT2D eigenvalue weighted by molar-refractivity contribution is 5.81. The van der Waals surface area contributed by atoms with Gasteiger partial charge in [-0.1, -0.05) is 25.3 Å². The Morgan fingerprint density at radius 2 is 1.90 bits per heavy atom. The van der Waals surface area contributed by atoms with E-state index in [9.17, 15) is 23.1 Å². The molecule has 0 spiro atoms. The van der Waals surface area contributed by atoms with Gasteiger partial charge in [-0.15, -0.1) is 0 Å². The fraction of sp³-hybridized carbons (Fsp3) is 0.500. The molecule has 0 unspecified atom stereocenters. The number of hydrogen-bond donors (Lipinski definition) is 1. The minimum atomic E-state index is -3.04. The number of carboxylic acid groups (broad SMARTS) is 1. The van der Waals surface area contributed by atoms with Crippen molar-refractivity contribution in [2.24, 2.45) is 0 Å². The van der Waals surface area contributed by atoms with Gasteiger partial charge in [-0.05, 0) is 18.9 Å². The zero-order valence-corrected chi connectivity index (χ0v) is 10.7. The zero-order chi connectivity index (χ0) is 14.8. The van der Waals surface area contributed by atoms with Crippen molar-refractivity contribution >= 4 is 5.97 Å². The Balaban J connectivity index is 2.37. The summed E-state index contributed by atoms with van der Waals surface area (Å²) >= 11 is 0. The number of ether oxygens (including phenoxy) is 1. The first kappa shape index (κ1) is 14.7. The Bertz CT molecular complexity index is 496. The molecule has 0 bridgehead atoms. The van der Waals surface area contributed by atoms with Crippen LogP contribution in [0.4, 0.5) is 13.2 Å². The van der Waals surface area contributed by atoms with Gasteiger partial charge in [0.2, 0.25) is 0 Å². The van der Waals surface area contributed by atoms with Crippen LogP contribution in [0.25, 0.3) is 0 Å². The fourth-order valence-electron chi connectivity index (χ4n) is 2.81. The van der Waals surface area contributed by atoms with Crippen LogP contribution < -0.4 is 4.74 Å². The Labute approximate surface area is 114 Å². The van der Waals surface area contributed by atoms with E-state index < -0.39 is 23.8 Å². The van der Waals surface area contributed by atoms with Crippen LogP contribution in [0, 0.1) is 5.82 Å². The third-order valence-electron chi connectivity index (χ3n) is 3.80. The smallest absolute Gasteiger partial charge is 0.387 e. The first-order chi connectivity index (χ1) is 9.45. The van der Waals surface area contributed by atoms with Gasteiger partial charge in [0.15, 0.2) is 0 Å². The van der Waals surface area contributed by atoms with Crippen LogP contribution >= 0.6 is 0 Å². The maximum absolute atomic E-state index is 14.1. The number of alkyl halides is 2. The predicted octanol–water partition coefficient (Wildman–Crippen LogP) is 3.71. The molecule has 6 heteroatoms. The second kappa shape index (κ2) is 5.73. The van der Waals surface area contributed by atoms with E-state index in [4.69, 9.17) is 0 Å². The van der Waals surface area contributed by atoms with Gasteiger partial charge < -0.3 is 9.84 Å². The van der Waals surface area contributed by atoms with Gasteiger partial charge in [0.1, 0.15) is 11.6 Å². The number of carbonyl (C=O) groups is 1. The summed E-state index contributed by atoms with van der Waals surface area (Å²) in [5.41, 5.74) is -1.21. The van der Waals surface area contributed by atoms with E-state index >= 15 is 0 Å². The lowest BCUT2D eigenvalue weighted by Gasteiger charge is -2.33. The third-order valence-corrected chi connectivity index (χ3v) is 3.80. The molecule has 1 aliphatic rings. The third kappa shape index (κ3) is 2.73. The average molecular weight is 288 g/mol. The van der Waals surface area contributed by atoms with Gasteiger partial charge >= 0.3 is 12.6 Å². The maximum atomic E-state index is 14.1. The molecule has 1 saturated carbocycles. The van der Waals surface area contributed by atoms with Crippen LogP contribution in [0.5, 0.6) is 5.75 Å². The van der Waals surface area contributed by atoms with Crippen LogP contribution in [0.3, 0.4) is 0 Å². The van der Waals surface area contributed by atoms with E-state index in [1.54, 1.807) is 0 Å². The van der Waals surface area contributed by atoms with Crippen LogP contribution in [-0.2, 0) is 10.2 Å². The molecule has 20 heavy (non-hydrogen) atoms. The lowest BCUT2D eigenvalue weighted by molar-refractivity contribution is -0.145. The summed E-state index contributed by atoms with van der Waals surface area (Å²) in [4.78, 5) is 11.6. The van der Waals surface area contributed by atoms with Crippen molar-refractivity contribution in [3.8, 4) is 5.75 Å². The van der Waals surface area contributed by atoms with E-state index in [0.29, 0.717) is 25.7 Å². The summed E-state index contributed by atoms with van der Waals surface area (Å²) in [5, 5.41) is 9.46. The summed E-state index contributed by atoms with van der Waals surface area (Å²) in [7, 11) is 0. The highest BCUT2D eigenvalue weighted by Crippen LogP contribution is 2.41. The lowest BCUT2D eigenvalue weighted by Crippen LogP contribution is -2.38. The molecule has 0 amide bonds. The Hall–Kier alpha value is -1.72. The van der Waals surface area contributed by atoms with E-state index in [0.717, 1.165) is 12.5 Å². The highest BCUT2D eigenvalue weighted by atomic mass is 19.3. The number of carboxylic acids is 1. The molecule has 2 rings (SSSR count). The molecular weight excluding hydrogens is 273 g/mol. The molecule has 1 fully saturated rings. The highest BCUT2D eigenvalue weighted by Gasteiger charge is 2.43. The predicted molar refractivity (Wildman–Crippen MR) is 65.4 cm³/mol. The van der Waals surface area contributed by atoms with Crippen molar-refractivity contribution in [1.82, 2.24) is 0 Å². The van der Waals surface area contributed by atoms with E-state index in [1.165, 1.54) is 12.1 Å². The zero-order valence-electron chi connectivity index (χ0n) is 10.7. The minimum Gasteiger partial charge on any atom is -0.481 e. The molecule has 0 aliphatic heterocycles. The van der Waals surface area contributed by atoms with Crippen molar-refractivity contribution in [2.75, 3.05) is 0 Å². The Kier molecular flexibility index (Phi) is 4.20. The molecule has 1 aliphatic carbocycles. The maximum Gasteiger partial charge on any atom is 0.387 e. The van der Waals surface area contributed by atoms with Crippen molar-refractivity contribution in [3.63, 3.8) is 0 Å². The van der Waals surface area contributed by atoms with Crippen LogP contribution in [-0.4, -0.2) is 17.7 Å². The van der Waals surface area contributed by atoms with Crippen molar-refractivity contribution < 1.29 is 27.8 Å². The van der Waals surface area contributed by atoms with Gasteiger partial charge in [-0.2, -0.15) is 8.78 Å². The monoisotopic (exact) mass is 288 g/mol. The van der Waals surface area contributed by atoms with Gasteiger partial charge in [-0.3, -0.25) is 4.79 Å². The standard InChI is InChI=1S/C14H15F3O3/c15-11-8-9(20-13(16)17)4-5-10(11)14(12(18)19)6-2-1-3-7-14/h4-5,8,13H,1-3,6-7H2,(H,18,19). The van der Waals surface area contributed by atoms with Crippen LogP contribution in [0.15, 0.2) is 18.2 Å². The molecule has 0 heterocycles. The average Bonchev–Trinajstić information content (AvgIpc) is 2.38. The summed E-state index contributed by atoms with van der Waals surface area (Å²) in [5.74, 6) is -2.19. The largest absolute Gasteiger partial charge is 0.481 e. The molecule has 0 atom stereocenters. The normalized spacial score (nSPS) is 18.0. The molecule has 1 aromatic rings. The second-order valence-electron chi connectivity index (χ2n) is 4.97. The quantitative estimate of drug-likeness (QED) is 0.918. The topological polar surface area (TPSA) is 46.5 Å². The molecule has 0 saturated heterocycles. The van der Waals surface area contributed by atoms with Crippen LogP contribution in [0.2, 0.25) is 0 Å². The Morgan fingerprint density at radius 3 is 2.40 bits per heavy atom. The van der Waals surface area contributed by atoms with Crippen molar-refractivity contribution in [1.29, 1.82) is 0 Å². The first-order valence-corrected chi connectivity index (χ1v) is 6.44.